The van der Waals surface area contributed by atoms with Crippen molar-refractivity contribution in [1.29, 1.82) is 0 Å². The smallest absolute Gasteiger partial charge is 0.323 e. The van der Waals surface area contributed by atoms with Crippen LogP contribution in [-0.4, -0.2) is 41.9 Å². The van der Waals surface area contributed by atoms with Crippen LogP contribution in [0.15, 0.2) is 30.3 Å². The highest BCUT2D eigenvalue weighted by Gasteiger charge is 2.77. The summed E-state index contributed by atoms with van der Waals surface area (Å²) >= 11 is 24.3. The van der Waals surface area contributed by atoms with Crippen molar-refractivity contribution in [3.8, 4) is 0 Å². The van der Waals surface area contributed by atoms with E-state index >= 15 is 0 Å². The number of nitrogens with zero attached hydrogens (tertiary/aromatic N) is 2. The van der Waals surface area contributed by atoms with Gasteiger partial charge in [0.2, 0.25) is 11.8 Å². The maximum absolute atomic E-state index is 14.4. The zero-order valence-electron chi connectivity index (χ0n) is 16.9. The number of carbonyl (C=O) groups excluding carboxylic acids is 3. The molecule has 34 heavy (non-hydrogen) atoms. The SMILES string of the molecule is CN1C(C(F)(F)F)C2C(=O)N(c3cc(Cl)cc(Cl)c3)C(=O)C2C12C(=O)Nc1c(Cl)cc(Cl)cc12. The van der Waals surface area contributed by atoms with Gasteiger partial charge in [-0.25, -0.2) is 4.90 Å². The van der Waals surface area contributed by atoms with Gasteiger partial charge >= 0.3 is 6.18 Å². The van der Waals surface area contributed by atoms with Crippen LogP contribution in [0.2, 0.25) is 20.1 Å². The lowest BCUT2D eigenvalue weighted by atomic mass is 9.76. The summed E-state index contributed by atoms with van der Waals surface area (Å²) in [5.74, 6) is -6.65. The van der Waals surface area contributed by atoms with Gasteiger partial charge in [0.1, 0.15) is 11.6 Å². The third-order valence-electron chi connectivity index (χ3n) is 6.61. The van der Waals surface area contributed by atoms with Gasteiger partial charge in [-0.05, 0) is 37.4 Å². The van der Waals surface area contributed by atoms with E-state index in [1.54, 1.807) is 0 Å². The van der Waals surface area contributed by atoms with Crippen LogP contribution < -0.4 is 10.2 Å². The van der Waals surface area contributed by atoms with Gasteiger partial charge in [0.25, 0.3) is 5.91 Å². The van der Waals surface area contributed by atoms with Gasteiger partial charge in [-0.2, -0.15) is 13.2 Å². The molecule has 4 unspecified atom stereocenters. The molecule has 0 radical (unpaired) electrons. The molecule has 4 atom stereocenters. The van der Waals surface area contributed by atoms with E-state index in [-0.39, 0.29) is 37.0 Å². The molecule has 3 amide bonds. The first-order valence-corrected chi connectivity index (χ1v) is 11.3. The standard InChI is InChI=1S/C21H12Cl4F3N3O3/c1-30-16(21(26,27)28)13-14(18(33)31(17(13)32)10-3-7(22)2-8(23)4-10)20(30)11-5-9(24)6-12(25)15(11)29-19(20)34/h2-6,13-14,16H,1H3,(H,29,34). The molecule has 2 aromatic rings. The van der Waals surface area contributed by atoms with Crippen LogP contribution in [0.4, 0.5) is 24.5 Å². The van der Waals surface area contributed by atoms with Crippen LogP contribution in [0.3, 0.4) is 0 Å². The second-order valence-electron chi connectivity index (χ2n) is 8.27. The van der Waals surface area contributed by atoms with Crippen molar-refractivity contribution >= 4 is 75.5 Å². The molecule has 178 valence electrons. The van der Waals surface area contributed by atoms with Gasteiger partial charge in [-0.3, -0.25) is 19.3 Å². The summed E-state index contributed by atoms with van der Waals surface area (Å²) in [6.45, 7) is 0. The average molecular weight is 553 g/mol. The second kappa shape index (κ2) is 7.48. The largest absolute Gasteiger partial charge is 0.404 e. The molecule has 13 heteroatoms. The van der Waals surface area contributed by atoms with E-state index in [0.717, 1.165) is 11.9 Å². The van der Waals surface area contributed by atoms with Gasteiger partial charge in [0.15, 0.2) is 0 Å². The number of benzene rings is 2. The third kappa shape index (κ3) is 2.97. The average Bonchev–Trinajstić information content (AvgIpc) is 3.24. The summed E-state index contributed by atoms with van der Waals surface area (Å²) < 4.78 is 43.1. The van der Waals surface area contributed by atoms with Crippen LogP contribution in [0.25, 0.3) is 0 Å². The molecule has 0 bridgehead atoms. The van der Waals surface area contributed by atoms with Crippen LogP contribution >= 0.6 is 46.4 Å². The van der Waals surface area contributed by atoms with Gasteiger partial charge < -0.3 is 5.32 Å². The molecule has 1 spiro atoms. The predicted octanol–water partition coefficient (Wildman–Crippen LogP) is 5.13. The van der Waals surface area contributed by atoms with Crippen LogP contribution in [-0.2, 0) is 19.9 Å². The fourth-order valence-electron chi connectivity index (χ4n) is 5.47. The number of hydrogen-bond acceptors (Lipinski definition) is 4. The summed E-state index contributed by atoms with van der Waals surface area (Å²) in [5, 5.41) is 2.67. The third-order valence-corrected chi connectivity index (χ3v) is 7.56. The van der Waals surface area contributed by atoms with E-state index in [4.69, 9.17) is 46.4 Å². The number of alkyl halides is 3. The first kappa shape index (κ1) is 23.7. The van der Waals surface area contributed by atoms with Crippen molar-refractivity contribution in [3.05, 3.63) is 56.0 Å². The van der Waals surface area contributed by atoms with E-state index < -0.39 is 47.3 Å². The number of imide groups is 1. The lowest BCUT2D eigenvalue weighted by Gasteiger charge is -2.37. The highest BCUT2D eigenvalue weighted by Crippen LogP contribution is 2.61. The van der Waals surface area contributed by atoms with E-state index in [0.29, 0.717) is 4.90 Å². The Morgan fingerprint density at radius 3 is 2.09 bits per heavy atom. The Morgan fingerprint density at radius 1 is 0.912 bits per heavy atom. The van der Waals surface area contributed by atoms with E-state index in [9.17, 15) is 27.6 Å². The Kier molecular flexibility index (Phi) is 5.21. The quantitative estimate of drug-likeness (QED) is 0.498. The minimum absolute atomic E-state index is 0.00798. The van der Waals surface area contributed by atoms with Crippen molar-refractivity contribution in [2.45, 2.75) is 17.8 Å². The van der Waals surface area contributed by atoms with Gasteiger partial charge in [-0.1, -0.05) is 46.4 Å². The number of carbonyl (C=O) groups is 3. The number of amides is 3. The Bertz CT molecular complexity index is 1280. The molecule has 2 aromatic carbocycles. The van der Waals surface area contributed by atoms with Crippen molar-refractivity contribution in [2.75, 3.05) is 17.3 Å². The number of hydrogen-bond donors (Lipinski definition) is 1. The molecule has 0 aromatic heterocycles. The molecule has 2 fully saturated rings. The molecule has 0 aliphatic carbocycles. The van der Waals surface area contributed by atoms with Crippen LogP contribution in [0, 0.1) is 11.8 Å². The molecular formula is C21H12Cl4F3N3O3. The fraction of sp³-hybridized carbons (Fsp3) is 0.286. The van der Waals surface area contributed by atoms with Gasteiger partial charge in [-0.15, -0.1) is 0 Å². The van der Waals surface area contributed by atoms with Crippen LogP contribution in [0.1, 0.15) is 5.56 Å². The maximum atomic E-state index is 14.4. The number of fused-ring (bicyclic) bond motifs is 4. The first-order valence-electron chi connectivity index (χ1n) is 9.74. The predicted molar refractivity (Wildman–Crippen MR) is 120 cm³/mol. The molecule has 5 rings (SSSR count). The van der Waals surface area contributed by atoms with Crippen molar-refractivity contribution in [3.63, 3.8) is 0 Å². The van der Waals surface area contributed by atoms with E-state index in [1.807, 2.05) is 0 Å². The van der Waals surface area contributed by atoms with Crippen molar-refractivity contribution in [2.24, 2.45) is 11.8 Å². The zero-order valence-corrected chi connectivity index (χ0v) is 19.9. The summed E-state index contributed by atoms with van der Waals surface area (Å²) in [6.07, 6.45) is -4.95. The molecule has 1 N–H and O–H groups in total. The minimum atomic E-state index is -4.95. The Balaban J connectivity index is 1.78. The monoisotopic (exact) mass is 551 g/mol. The molecule has 3 aliphatic rings. The summed E-state index contributed by atoms with van der Waals surface area (Å²) in [6, 6.07) is 3.97. The van der Waals surface area contributed by atoms with Crippen molar-refractivity contribution in [1.82, 2.24) is 4.90 Å². The first-order chi connectivity index (χ1) is 15.8. The number of anilines is 2. The molecule has 3 heterocycles. The molecule has 2 saturated heterocycles. The highest BCUT2D eigenvalue weighted by molar-refractivity contribution is 6.38. The zero-order chi connectivity index (χ0) is 24.9. The summed E-state index contributed by atoms with van der Waals surface area (Å²) in [5.41, 5.74) is -2.25. The number of rotatable bonds is 1. The Morgan fingerprint density at radius 2 is 1.50 bits per heavy atom. The lowest BCUT2D eigenvalue weighted by molar-refractivity contribution is -0.190. The van der Waals surface area contributed by atoms with Gasteiger partial charge in [0.05, 0.1) is 28.2 Å². The topological polar surface area (TPSA) is 69.7 Å². The molecule has 3 aliphatic heterocycles. The Labute approximate surface area is 210 Å². The van der Waals surface area contributed by atoms with E-state index in [2.05, 4.69) is 5.32 Å². The summed E-state index contributed by atoms with van der Waals surface area (Å²) in [4.78, 5) is 41.9. The van der Waals surface area contributed by atoms with Crippen molar-refractivity contribution < 1.29 is 27.6 Å². The number of nitrogens with one attached hydrogen (secondary N) is 1. The second-order valence-corrected chi connectivity index (χ2v) is 9.99. The Hall–Kier alpha value is -2.04. The van der Waals surface area contributed by atoms with Crippen LogP contribution in [0.5, 0.6) is 0 Å². The molecule has 6 nitrogen and oxygen atoms in total. The maximum Gasteiger partial charge on any atom is 0.404 e. The lowest BCUT2D eigenvalue weighted by Crippen LogP contribution is -2.56. The number of halogens is 7. The van der Waals surface area contributed by atoms with E-state index in [1.165, 1.54) is 30.3 Å². The number of likely N-dealkylation sites (tertiary alicyclic amines) is 1. The fourth-order valence-corrected chi connectivity index (χ4v) is 6.52. The molecular weight excluding hydrogens is 541 g/mol. The molecule has 0 saturated carbocycles. The summed E-state index contributed by atoms with van der Waals surface area (Å²) in [7, 11) is 1.06. The van der Waals surface area contributed by atoms with Gasteiger partial charge in [0, 0.05) is 20.6 Å². The number of likely N-dealkylation sites (N-methyl/N-ethyl adjacent to an activating group) is 1. The highest BCUT2D eigenvalue weighted by atomic mass is 35.5. The minimum Gasteiger partial charge on any atom is -0.323 e. The normalized spacial score (nSPS) is 28.6.